The molecule has 3 heteroatoms. The lowest BCUT2D eigenvalue weighted by Gasteiger charge is -2.09. The van der Waals surface area contributed by atoms with Gasteiger partial charge in [0.05, 0.1) is 11.6 Å². The summed E-state index contributed by atoms with van der Waals surface area (Å²) in [5.41, 5.74) is 2.33. The Balaban J connectivity index is 2.14. The van der Waals surface area contributed by atoms with Crippen LogP contribution in [0.25, 0.3) is 0 Å². The average molecular weight is 314 g/mol. The quantitative estimate of drug-likeness (QED) is 0.713. The fraction of sp³-hybridized carbons (Fsp3) is 0.286. The molecule has 17 heavy (non-hydrogen) atoms. The number of furan rings is 1. The molecule has 1 unspecified atom stereocenters. The first-order valence-electron chi connectivity index (χ1n) is 5.65. The largest absolute Gasteiger partial charge is 0.469 e. The van der Waals surface area contributed by atoms with Crippen molar-refractivity contribution in [1.29, 1.82) is 0 Å². The van der Waals surface area contributed by atoms with Crippen molar-refractivity contribution in [2.75, 3.05) is 0 Å². The van der Waals surface area contributed by atoms with Gasteiger partial charge in [0, 0.05) is 16.5 Å². The van der Waals surface area contributed by atoms with Gasteiger partial charge in [0.2, 0.25) is 0 Å². The van der Waals surface area contributed by atoms with E-state index in [1.54, 1.807) is 6.26 Å². The standard InChI is InChI=1S/C14H14BrClO/c1-2-14-12(6-7-17-14)13(16)9-10-4-3-5-11(15)8-10/h3-8,13H,2,9H2,1H3. The molecule has 0 saturated heterocycles. The summed E-state index contributed by atoms with van der Waals surface area (Å²) < 4.78 is 6.49. The first-order valence-corrected chi connectivity index (χ1v) is 6.88. The van der Waals surface area contributed by atoms with Gasteiger partial charge in [-0.3, -0.25) is 0 Å². The Hall–Kier alpha value is -0.730. The van der Waals surface area contributed by atoms with Crippen LogP contribution in [0, 0.1) is 0 Å². The van der Waals surface area contributed by atoms with Crippen LogP contribution >= 0.6 is 27.5 Å². The minimum absolute atomic E-state index is 0.0296. The molecule has 0 aliphatic heterocycles. The van der Waals surface area contributed by atoms with Gasteiger partial charge in [-0.2, -0.15) is 0 Å². The van der Waals surface area contributed by atoms with Crippen LogP contribution in [0.15, 0.2) is 45.5 Å². The number of rotatable bonds is 4. The van der Waals surface area contributed by atoms with Crippen molar-refractivity contribution in [3.8, 4) is 0 Å². The Labute approximate surface area is 115 Å². The second-order valence-electron chi connectivity index (χ2n) is 3.95. The molecule has 0 aliphatic carbocycles. The fourth-order valence-corrected chi connectivity index (χ4v) is 2.72. The van der Waals surface area contributed by atoms with E-state index in [4.69, 9.17) is 16.0 Å². The van der Waals surface area contributed by atoms with E-state index in [0.29, 0.717) is 0 Å². The van der Waals surface area contributed by atoms with Crippen molar-refractivity contribution in [2.45, 2.75) is 25.1 Å². The molecule has 0 aliphatic rings. The molecule has 0 N–H and O–H groups in total. The van der Waals surface area contributed by atoms with Gasteiger partial charge in [0.25, 0.3) is 0 Å². The van der Waals surface area contributed by atoms with Crippen molar-refractivity contribution in [2.24, 2.45) is 0 Å². The Morgan fingerprint density at radius 1 is 1.35 bits per heavy atom. The van der Waals surface area contributed by atoms with Gasteiger partial charge in [-0.05, 0) is 30.2 Å². The lowest BCUT2D eigenvalue weighted by Crippen LogP contribution is -1.97. The molecule has 2 aromatic rings. The van der Waals surface area contributed by atoms with Gasteiger partial charge in [-0.1, -0.05) is 35.0 Å². The van der Waals surface area contributed by atoms with E-state index in [-0.39, 0.29) is 5.38 Å². The lowest BCUT2D eigenvalue weighted by molar-refractivity contribution is 0.510. The van der Waals surface area contributed by atoms with Crippen LogP contribution in [0.5, 0.6) is 0 Å². The minimum Gasteiger partial charge on any atom is -0.469 e. The fourth-order valence-electron chi connectivity index (χ4n) is 1.90. The van der Waals surface area contributed by atoms with Crippen molar-refractivity contribution < 1.29 is 4.42 Å². The first-order chi connectivity index (χ1) is 8.20. The molecular weight excluding hydrogens is 300 g/mol. The monoisotopic (exact) mass is 312 g/mol. The highest BCUT2D eigenvalue weighted by atomic mass is 79.9. The van der Waals surface area contributed by atoms with E-state index in [1.165, 1.54) is 5.56 Å². The van der Waals surface area contributed by atoms with Crippen LogP contribution in [0.2, 0.25) is 0 Å². The molecule has 1 heterocycles. The zero-order chi connectivity index (χ0) is 12.3. The molecule has 0 radical (unpaired) electrons. The van der Waals surface area contributed by atoms with Crippen LogP contribution in [0.4, 0.5) is 0 Å². The molecule has 0 spiro atoms. The van der Waals surface area contributed by atoms with E-state index < -0.39 is 0 Å². The topological polar surface area (TPSA) is 13.1 Å². The molecule has 0 amide bonds. The predicted octanol–water partition coefficient (Wildman–Crippen LogP) is 5.13. The molecule has 1 nitrogen and oxygen atoms in total. The highest BCUT2D eigenvalue weighted by Gasteiger charge is 2.15. The second kappa shape index (κ2) is 5.74. The zero-order valence-corrected chi connectivity index (χ0v) is 12.0. The third kappa shape index (κ3) is 3.14. The lowest BCUT2D eigenvalue weighted by atomic mass is 10.0. The summed E-state index contributed by atoms with van der Waals surface area (Å²) in [6, 6.07) is 10.2. The summed E-state index contributed by atoms with van der Waals surface area (Å²) in [5.74, 6) is 0.986. The molecule has 2 rings (SSSR count). The van der Waals surface area contributed by atoms with Gasteiger partial charge < -0.3 is 4.42 Å². The highest BCUT2D eigenvalue weighted by Crippen LogP contribution is 2.29. The van der Waals surface area contributed by atoms with Crippen molar-refractivity contribution in [3.05, 3.63) is 58.0 Å². The van der Waals surface area contributed by atoms with Crippen molar-refractivity contribution in [3.63, 3.8) is 0 Å². The third-order valence-electron chi connectivity index (χ3n) is 2.74. The maximum atomic E-state index is 6.44. The number of alkyl halides is 1. The Kier molecular flexibility index (Phi) is 4.30. The zero-order valence-electron chi connectivity index (χ0n) is 9.62. The smallest absolute Gasteiger partial charge is 0.108 e. The normalized spacial score (nSPS) is 12.6. The average Bonchev–Trinajstić information content (AvgIpc) is 2.77. The summed E-state index contributed by atoms with van der Waals surface area (Å²) in [5, 5.41) is -0.0296. The Bertz CT molecular complexity index is 492. The Morgan fingerprint density at radius 3 is 2.88 bits per heavy atom. The van der Waals surface area contributed by atoms with E-state index in [2.05, 4.69) is 35.0 Å². The molecule has 1 aromatic carbocycles. The SMILES string of the molecule is CCc1occc1C(Cl)Cc1cccc(Br)c1. The summed E-state index contributed by atoms with van der Waals surface area (Å²) >= 11 is 9.91. The maximum absolute atomic E-state index is 6.44. The number of aryl methyl sites for hydroxylation is 1. The molecule has 0 saturated carbocycles. The second-order valence-corrected chi connectivity index (χ2v) is 5.40. The van der Waals surface area contributed by atoms with E-state index in [9.17, 15) is 0 Å². The predicted molar refractivity (Wildman–Crippen MR) is 74.5 cm³/mol. The van der Waals surface area contributed by atoms with Gasteiger partial charge >= 0.3 is 0 Å². The van der Waals surface area contributed by atoms with Crippen molar-refractivity contribution in [1.82, 2.24) is 0 Å². The molecule has 0 fully saturated rings. The van der Waals surface area contributed by atoms with Gasteiger partial charge in [0.15, 0.2) is 0 Å². The summed E-state index contributed by atoms with van der Waals surface area (Å²) in [4.78, 5) is 0. The maximum Gasteiger partial charge on any atom is 0.108 e. The minimum atomic E-state index is -0.0296. The number of hydrogen-bond acceptors (Lipinski definition) is 1. The van der Waals surface area contributed by atoms with Crippen LogP contribution < -0.4 is 0 Å². The summed E-state index contributed by atoms with van der Waals surface area (Å²) in [6.07, 6.45) is 3.40. The number of hydrogen-bond donors (Lipinski definition) is 0. The van der Waals surface area contributed by atoms with E-state index in [0.717, 1.165) is 28.6 Å². The van der Waals surface area contributed by atoms with Crippen LogP contribution in [0.1, 0.15) is 29.2 Å². The van der Waals surface area contributed by atoms with E-state index in [1.807, 2.05) is 18.2 Å². The molecular formula is C14H14BrClO. The van der Waals surface area contributed by atoms with E-state index >= 15 is 0 Å². The number of halogens is 2. The third-order valence-corrected chi connectivity index (χ3v) is 3.63. The molecule has 1 atom stereocenters. The molecule has 1 aromatic heterocycles. The summed E-state index contributed by atoms with van der Waals surface area (Å²) in [7, 11) is 0. The van der Waals surface area contributed by atoms with Gasteiger partial charge in [0.1, 0.15) is 5.76 Å². The van der Waals surface area contributed by atoms with Crippen LogP contribution in [-0.2, 0) is 12.8 Å². The molecule has 90 valence electrons. The molecule has 0 bridgehead atoms. The Morgan fingerprint density at radius 2 is 2.18 bits per heavy atom. The number of benzene rings is 1. The summed E-state index contributed by atoms with van der Waals surface area (Å²) in [6.45, 7) is 2.07. The highest BCUT2D eigenvalue weighted by molar-refractivity contribution is 9.10. The first kappa shape index (κ1) is 12.7. The van der Waals surface area contributed by atoms with Crippen LogP contribution in [0.3, 0.4) is 0 Å². The van der Waals surface area contributed by atoms with Crippen LogP contribution in [-0.4, -0.2) is 0 Å². The van der Waals surface area contributed by atoms with Gasteiger partial charge in [-0.25, -0.2) is 0 Å². The van der Waals surface area contributed by atoms with Crippen molar-refractivity contribution >= 4 is 27.5 Å². The van der Waals surface area contributed by atoms with Gasteiger partial charge in [-0.15, -0.1) is 11.6 Å².